The highest BCUT2D eigenvalue weighted by atomic mass is 35.5. The number of nitrogens with zero attached hydrogens (tertiary/aromatic N) is 1. The van der Waals surface area contributed by atoms with Crippen LogP contribution in [0.3, 0.4) is 0 Å². The molecule has 0 aliphatic carbocycles. The van der Waals surface area contributed by atoms with Crippen LogP contribution < -0.4 is 5.32 Å². The fourth-order valence-corrected chi connectivity index (χ4v) is 2.03. The van der Waals surface area contributed by atoms with E-state index in [9.17, 15) is 0 Å². The SMILES string of the molecule is CNC/C(=C/c1ncc(Cl)s1)C(C)C. The number of halogens is 1. The third-order valence-corrected chi connectivity index (χ3v) is 2.99. The van der Waals surface area contributed by atoms with Crippen LogP contribution in [0.25, 0.3) is 6.08 Å². The summed E-state index contributed by atoms with van der Waals surface area (Å²) in [4.78, 5) is 4.20. The fourth-order valence-electron chi connectivity index (χ4n) is 1.12. The molecule has 0 aliphatic heterocycles. The lowest BCUT2D eigenvalue weighted by molar-refractivity contribution is 0.713. The van der Waals surface area contributed by atoms with E-state index in [1.54, 1.807) is 6.20 Å². The zero-order valence-corrected chi connectivity index (χ0v) is 10.2. The van der Waals surface area contributed by atoms with Gasteiger partial charge in [0.15, 0.2) is 0 Å². The highest BCUT2D eigenvalue weighted by Crippen LogP contribution is 2.22. The zero-order chi connectivity index (χ0) is 10.6. The van der Waals surface area contributed by atoms with Crippen molar-refractivity contribution in [3.05, 3.63) is 21.1 Å². The van der Waals surface area contributed by atoms with Crippen LogP contribution in [0.4, 0.5) is 0 Å². The maximum Gasteiger partial charge on any atom is 0.117 e. The number of rotatable bonds is 4. The van der Waals surface area contributed by atoms with Crippen molar-refractivity contribution < 1.29 is 0 Å². The van der Waals surface area contributed by atoms with E-state index in [1.807, 2.05) is 7.05 Å². The Morgan fingerprint density at radius 1 is 1.71 bits per heavy atom. The first-order chi connectivity index (χ1) is 6.63. The van der Waals surface area contributed by atoms with Crippen molar-refractivity contribution in [2.75, 3.05) is 13.6 Å². The second-order valence-electron chi connectivity index (χ2n) is 3.41. The minimum atomic E-state index is 0.533. The largest absolute Gasteiger partial charge is 0.316 e. The molecule has 0 saturated heterocycles. The van der Waals surface area contributed by atoms with Crippen molar-refractivity contribution in [1.29, 1.82) is 0 Å². The van der Waals surface area contributed by atoms with Gasteiger partial charge in [0.25, 0.3) is 0 Å². The smallest absolute Gasteiger partial charge is 0.117 e. The molecule has 2 nitrogen and oxygen atoms in total. The first kappa shape index (κ1) is 11.7. The van der Waals surface area contributed by atoms with E-state index in [0.29, 0.717) is 5.92 Å². The van der Waals surface area contributed by atoms with Gasteiger partial charge in [-0.15, -0.1) is 11.3 Å². The molecule has 0 amide bonds. The third-order valence-electron chi connectivity index (χ3n) is 1.93. The molecule has 0 unspecified atom stereocenters. The maximum atomic E-state index is 5.81. The summed E-state index contributed by atoms with van der Waals surface area (Å²) in [7, 11) is 1.95. The number of hydrogen-bond acceptors (Lipinski definition) is 3. The average molecular weight is 231 g/mol. The van der Waals surface area contributed by atoms with Crippen molar-refractivity contribution >= 4 is 29.0 Å². The first-order valence-electron chi connectivity index (χ1n) is 4.60. The summed E-state index contributed by atoms with van der Waals surface area (Å²) in [5.74, 6) is 0.533. The third kappa shape index (κ3) is 3.40. The van der Waals surface area contributed by atoms with E-state index in [1.165, 1.54) is 16.9 Å². The van der Waals surface area contributed by atoms with Gasteiger partial charge >= 0.3 is 0 Å². The number of aromatic nitrogens is 1. The Balaban J connectivity index is 2.81. The maximum absolute atomic E-state index is 5.81. The van der Waals surface area contributed by atoms with Gasteiger partial charge in [-0.2, -0.15) is 0 Å². The summed E-state index contributed by atoms with van der Waals surface area (Å²) in [6, 6.07) is 0. The molecular weight excluding hydrogens is 216 g/mol. The van der Waals surface area contributed by atoms with E-state index in [-0.39, 0.29) is 0 Å². The summed E-state index contributed by atoms with van der Waals surface area (Å²) >= 11 is 7.32. The summed E-state index contributed by atoms with van der Waals surface area (Å²) in [5, 5.41) is 4.13. The minimum absolute atomic E-state index is 0.533. The monoisotopic (exact) mass is 230 g/mol. The molecule has 0 bridgehead atoms. The Labute approximate surface area is 94.0 Å². The molecule has 4 heteroatoms. The summed E-state index contributed by atoms with van der Waals surface area (Å²) in [5.41, 5.74) is 1.35. The van der Waals surface area contributed by atoms with Crippen molar-refractivity contribution in [1.82, 2.24) is 10.3 Å². The predicted octanol–water partition coefficient (Wildman–Crippen LogP) is 3.06. The zero-order valence-electron chi connectivity index (χ0n) is 8.67. The molecule has 14 heavy (non-hydrogen) atoms. The number of nitrogens with one attached hydrogen (secondary N) is 1. The summed E-state index contributed by atoms with van der Waals surface area (Å²) in [6.45, 7) is 5.26. The molecular formula is C10H15ClN2S. The number of hydrogen-bond donors (Lipinski definition) is 1. The molecule has 0 aliphatic rings. The lowest BCUT2D eigenvalue weighted by Crippen LogP contribution is -2.13. The van der Waals surface area contributed by atoms with Crippen LogP contribution in [-0.2, 0) is 0 Å². The predicted molar refractivity (Wildman–Crippen MR) is 63.9 cm³/mol. The minimum Gasteiger partial charge on any atom is -0.316 e. The normalized spacial score (nSPS) is 12.5. The molecule has 0 spiro atoms. The molecule has 0 aromatic carbocycles. The van der Waals surface area contributed by atoms with Gasteiger partial charge in [0.2, 0.25) is 0 Å². The molecule has 1 rings (SSSR count). The van der Waals surface area contributed by atoms with E-state index >= 15 is 0 Å². The lowest BCUT2D eigenvalue weighted by atomic mass is 10.0. The lowest BCUT2D eigenvalue weighted by Gasteiger charge is -2.09. The van der Waals surface area contributed by atoms with Crippen molar-refractivity contribution in [2.45, 2.75) is 13.8 Å². The van der Waals surface area contributed by atoms with Crippen LogP contribution in [0.5, 0.6) is 0 Å². The average Bonchev–Trinajstić information content (AvgIpc) is 2.50. The molecule has 1 heterocycles. The second kappa shape index (κ2) is 5.49. The Morgan fingerprint density at radius 3 is 2.86 bits per heavy atom. The molecule has 1 aromatic rings. The summed E-state index contributed by atoms with van der Waals surface area (Å²) < 4.78 is 0.740. The van der Waals surface area contributed by atoms with Gasteiger partial charge in [0.1, 0.15) is 9.34 Å². The molecule has 0 saturated carbocycles. The molecule has 0 radical (unpaired) electrons. The van der Waals surface area contributed by atoms with Crippen molar-refractivity contribution in [2.24, 2.45) is 5.92 Å². The van der Waals surface area contributed by atoms with Crippen LogP contribution in [0.2, 0.25) is 4.34 Å². The Morgan fingerprint density at radius 2 is 2.43 bits per heavy atom. The molecule has 1 aromatic heterocycles. The van der Waals surface area contributed by atoms with E-state index in [0.717, 1.165) is 15.9 Å². The van der Waals surface area contributed by atoms with E-state index in [4.69, 9.17) is 11.6 Å². The van der Waals surface area contributed by atoms with Gasteiger partial charge in [-0.25, -0.2) is 4.98 Å². The summed E-state index contributed by atoms with van der Waals surface area (Å²) in [6.07, 6.45) is 3.80. The first-order valence-corrected chi connectivity index (χ1v) is 5.79. The molecule has 0 fully saturated rings. The van der Waals surface area contributed by atoms with Gasteiger partial charge in [0, 0.05) is 6.54 Å². The van der Waals surface area contributed by atoms with Crippen LogP contribution >= 0.6 is 22.9 Å². The van der Waals surface area contributed by atoms with Crippen molar-refractivity contribution in [3.63, 3.8) is 0 Å². The highest BCUT2D eigenvalue weighted by molar-refractivity contribution is 7.16. The topological polar surface area (TPSA) is 24.9 Å². The Bertz CT molecular complexity index is 318. The fraction of sp³-hybridized carbons (Fsp3) is 0.500. The second-order valence-corrected chi connectivity index (χ2v) is 5.10. The van der Waals surface area contributed by atoms with Crippen LogP contribution in [0.1, 0.15) is 18.9 Å². The van der Waals surface area contributed by atoms with Crippen molar-refractivity contribution in [3.8, 4) is 0 Å². The van der Waals surface area contributed by atoms with Crippen LogP contribution in [0, 0.1) is 5.92 Å². The van der Waals surface area contributed by atoms with Gasteiger partial charge in [-0.3, -0.25) is 0 Å². The van der Waals surface area contributed by atoms with E-state index in [2.05, 4.69) is 30.2 Å². The van der Waals surface area contributed by atoms with Crippen LogP contribution in [-0.4, -0.2) is 18.6 Å². The standard InChI is InChI=1S/C10H15ClN2S/c1-7(2)8(5-12-3)4-10-13-6-9(11)14-10/h4,6-7,12H,5H2,1-3H3/b8-4-. The van der Waals surface area contributed by atoms with Gasteiger partial charge in [-0.1, -0.05) is 31.0 Å². The van der Waals surface area contributed by atoms with Gasteiger partial charge in [-0.05, 0) is 19.0 Å². The molecule has 1 N–H and O–H groups in total. The number of likely N-dealkylation sites (N-methyl/N-ethyl adjacent to an activating group) is 1. The van der Waals surface area contributed by atoms with Gasteiger partial charge < -0.3 is 5.32 Å². The van der Waals surface area contributed by atoms with Gasteiger partial charge in [0.05, 0.1) is 6.20 Å². The van der Waals surface area contributed by atoms with E-state index < -0.39 is 0 Å². The number of thiazole rings is 1. The Kier molecular flexibility index (Phi) is 4.58. The quantitative estimate of drug-likeness (QED) is 0.860. The molecule has 78 valence electrons. The molecule has 0 atom stereocenters. The highest BCUT2D eigenvalue weighted by Gasteiger charge is 2.04. The Hall–Kier alpha value is -0.380. The van der Waals surface area contributed by atoms with Crippen LogP contribution in [0.15, 0.2) is 11.8 Å².